The molecule has 0 saturated carbocycles. The predicted octanol–water partition coefficient (Wildman–Crippen LogP) is 3.55. The highest BCUT2D eigenvalue weighted by atomic mass is 19.4. The fourth-order valence-electron chi connectivity index (χ4n) is 3.35. The van der Waals surface area contributed by atoms with Crippen LogP contribution in [-0.4, -0.2) is 49.7 Å². The first-order valence-electron chi connectivity index (χ1n) is 9.83. The minimum absolute atomic E-state index is 0.102. The molecule has 0 atom stereocenters. The summed E-state index contributed by atoms with van der Waals surface area (Å²) in [6, 6.07) is 6.97. The van der Waals surface area contributed by atoms with Crippen LogP contribution in [0.4, 0.5) is 30.2 Å². The van der Waals surface area contributed by atoms with Crippen molar-refractivity contribution in [1.29, 1.82) is 0 Å². The second-order valence-electron chi connectivity index (χ2n) is 7.18. The third kappa shape index (κ3) is 5.77. The molecule has 176 valence electrons. The Kier molecular flexibility index (Phi) is 7.16. The van der Waals surface area contributed by atoms with Gasteiger partial charge in [0, 0.05) is 19.2 Å². The van der Waals surface area contributed by atoms with Crippen molar-refractivity contribution in [3.63, 3.8) is 0 Å². The maximum absolute atomic E-state index is 13.2. The number of benzene rings is 2. The molecule has 1 amide bonds. The fourth-order valence-corrected chi connectivity index (χ4v) is 3.35. The number of halogens is 3. The van der Waals surface area contributed by atoms with Gasteiger partial charge in [-0.3, -0.25) is 14.9 Å². The minimum Gasteiger partial charge on any atom is -0.452 e. The van der Waals surface area contributed by atoms with Gasteiger partial charge in [0.15, 0.2) is 6.61 Å². The van der Waals surface area contributed by atoms with Crippen LogP contribution in [0.3, 0.4) is 0 Å². The number of nitro groups is 1. The molecule has 1 fully saturated rings. The van der Waals surface area contributed by atoms with E-state index in [1.165, 1.54) is 25.1 Å². The van der Waals surface area contributed by atoms with Gasteiger partial charge in [-0.25, -0.2) is 4.79 Å². The SMILES string of the molecule is Cc1cccc([N+](=O)[O-])c1C(=O)OCC(=O)Nc1cc(C(F)(F)F)ccc1N1CCOCC1. The number of amides is 1. The maximum Gasteiger partial charge on any atom is 0.416 e. The number of nitrogens with zero attached hydrogens (tertiary/aromatic N) is 2. The standard InChI is InChI=1S/C21H20F3N3O6/c1-13-3-2-4-17(27(30)31)19(13)20(29)33-12-18(28)25-15-11-14(21(22,23)24)5-6-16(15)26-7-9-32-10-8-26/h2-6,11H,7-10,12H2,1H3,(H,25,28). The van der Waals surface area contributed by atoms with E-state index >= 15 is 0 Å². The second-order valence-corrected chi connectivity index (χ2v) is 7.18. The van der Waals surface area contributed by atoms with Crippen molar-refractivity contribution in [3.8, 4) is 0 Å². The molecule has 33 heavy (non-hydrogen) atoms. The molecular weight excluding hydrogens is 447 g/mol. The number of hydrogen-bond acceptors (Lipinski definition) is 7. The zero-order chi connectivity index (χ0) is 24.2. The topological polar surface area (TPSA) is 111 Å². The van der Waals surface area contributed by atoms with Crippen LogP contribution < -0.4 is 10.2 Å². The highest BCUT2D eigenvalue weighted by Gasteiger charge is 2.32. The van der Waals surface area contributed by atoms with Gasteiger partial charge in [-0.1, -0.05) is 12.1 Å². The number of esters is 1. The van der Waals surface area contributed by atoms with Crippen molar-refractivity contribution in [2.45, 2.75) is 13.1 Å². The Hall–Kier alpha value is -3.67. The summed E-state index contributed by atoms with van der Waals surface area (Å²) in [6.07, 6.45) is -4.63. The van der Waals surface area contributed by atoms with Crippen molar-refractivity contribution in [2.24, 2.45) is 0 Å². The monoisotopic (exact) mass is 467 g/mol. The summed E-state index contributed by atoms with van der Waals surface area (Å²) in [6.45, 7) is 2.22. The molecular formula is C21H20F3N3O6. The number of carbonyl (C=O) groups is 2. The Balaban J connectivity index is 1.77. The summed E-state index contributed by atoms with van der Waals surface area (Å²) in [5.74, 6) is -1.99. The number of anilines is 2. The fraction of sp³-hybridized carbons (Fsp3) is 0.333. The van der Waals surface area contributed by atoms with Gasteiger partial charge < -0.3 is 19.7 Å². The van der Waals surface area contributed by atoms with Crippen LogP contribution in [0.5, 0.6) is 0 Å². The number of hydrogen-bond donors (Lipinski definition) is 1. The number of nitro benzene ring substituents is 1. The van der Waals surface area contributed by atoms with Crippen molar-refractivity contribution in [1.82, 2.24) is 0 Å². The van der Waals surface area contributed by atoms with Crippen molar-refractivity contribution in [2.75, 3.05) is 43.1 Å². The number of morpholine rings is 1. The van der Waals surface area contributed by atoms with Gasteiger partial charge in [-0.05, 0) is 30.7 Å². The molecule has 9 nitrogen and oxygen atoms in total. The van der Waals surface area contributed by atoms with Crippen LogP contribution in [-0.2, 0) is 20.4 Å². The van der Waals surface area contributed by atoms with Crippen molar-refractivity contribution >= 4 is 28.9 Å². The van der Waals surface area contributed by atoms with E-state index in [1.807, 2.05) is 0 Å². The van der Waals surface area contributed by atoms with Crippen LogP contribution in [0.2, 0.25) is 0 Å². The third-order valence-corrected chi connectivity index (χ3v) is 4.94. The Labute approximate surface area is 186 Å². The Morgan fingerprint density at radius 1 is 1.21 bits per heavy atom. The van der Waals surface area contributed by atoms with Gasteiger partial charge in [0.05, 0.1) is 35.1 Å². The van der Waals surface area contributed by atoms with Gasteiger partial charge in [0.1, 0.15) is 5.56 Å². The number of alkyl halides is 3. The van der Waals surface area contributed by atoms with Gasteiger partial charge in [0.2, 0.25) is 0 Å². The van der Waals surface area contributed by atoms with Gasteiger partial charge in [-0.15, -0.1) is 0 Å². The van der Waals surface area contributed by atoms with Crippen LogP contribution in [0, 0.1) is 17.0 Å². The Morgan fingerprint density at radius 3 is 2.55 bits per heavy atom. The predicted molar refractivity (Wildman–Crippen MR) is 111 cm³/mol. The zero-order valence-corrected chi connectivity index (χ0v) is 17.5. The molecule has 1 heterocycles. The molecule has 2 aromatic carbocycles. The molecule has 0 unspecified atom stereocenters. The lowest BCUT2D eigenvalue weighted by Gasteiger charge is -2.31. The van der Waals surface area contributed by atoms with Gasteiger partial charge in [-0.2, -0.15) is 13.2 Å². The number of rotatable bonds is 6. The van der Waals surface area contributed by atoms with Gasteiger partial charge in [0.25, 0.3) is 11.6 Å². The summed E-state index contributed by atoms with van der Waals surface area (Å²) in [4.78, 5) is 37.0. The molecule has 0 spiro atoms. The maximum atomic E-state index is 13.2. The van der Waals surface area contributed by atoms with E-state index in [2.05, 4.69) is 5.32 Å². The summed E-state index contributed by atoms with van der Waals surface area (Å²) in [5.41, 5.74) is -1.20. The number of carbonyl (C=O) groups excluding carboxylic acids is 2. The van der Waals surface area contributed by atoms with E-state index in [0.29, 0.717) is 32.0 Å². The van der Waals surface area contributed by atoms with Crippen molar-refractivity contribution < 1.29 is 37.2 Å². The van der Waals surface area contributed by atoms with E-state index < -0.39 is 40.8 Å². The minimum atomic E-state index is -4.63. The summed E-state index contributed by atoms with van der Waals surface area (Å²) in [5, 5.41) is 13.5. The van der Waals surface area contributed by atoms with Crippen LogP contribution in [0.25, 0.3) is 0 Å². The number of nitrogens with one attached hydrogen (secondary N) is 1. The number of ether oxygens (including phenoxy) is 2. The van der Waals surface area contributed by atoms with Crippen LogP contribution in [0.1, 0.15) is 21.5 Å². The molecule has 1 saturated heterocycles. The molecule has 0 radical (unpaired) electrons. The highest BCUT2D eigenvalue weighted by molar-refractivity contribution is 5.99. The number of aryl methyl sites for hydroxylation is 1. The highest BCUT2D eigenvalue weighted by Crippen LogP contribution is 2.35. The summed E-state index contributed by atoms with van der Waals surface area (Å²) in [7, 11) is 0. The van der Waals surface area contributed by atoms with E-state index in [-0.39, 0.29) is 16.8 Å². The molecule has 1 N–H and O–H groups in total. The first-order chi connectivity index (χ1) is 15.6. The molecule has 1 aliphatic heterocycles. The lowest BCUT2D eigenvalue weighted by atomic mass is 10.1. The lowest BCUT2D eigenvalue weighted by Crippen LogP contribution is -2.37. The average molecular weight is 467 g/mol. The van der Waals surface area contributed by atoms with E-state index in [1.54, 1.807) is 4.90 Å². The summed E-state index contributed by atoms with van der Waals surface area (Å²) >= 11 is 0. The molecule has 1 aliphatic rings. The first kappa shape index (κ1) is 24.0. The molecule has 3 rings (SSSR count). The van der Waals surface area contributed by atoms with E-state index in [9.17, 15) is 32.9 Å². The van der Waals surface area contributed by atoms with Crippen LogP contribution in [0.15, 0.2) is 36.4 Å². The van der Waals surface area contributed by atoms with E-state index in [0.717, 1.165) is 18.2 Å². The van der Waals surface area contributed by atoms with E-state index in [4.69, 9.17) is 9.47 Å². The largest absolute Gasteiger partial charge is 0.452 e. The molecule has 0 aliphatic carbocycles. The normalized spacial score (nSPS) is 14.0. The molecule has 0 bridgehead atoms. The molecule has 2 aromatic rings. The third-order valence-electron chi connectivity index (χ3n) is 4.94. The second kappa shape index (κ2) is 9.86. The average Bonchev–Trinajstić information content (AvgIpc) is 2.77. The first-order valence-corrected chi connectivity index (χ1v) is 9.83. The quantitative estimate of drug-likeness (QED) is 0.393. The zero-order valence-electron chi connectivity index (χ0n) is 17.5. The van der Waals surface area contributed by atoms with Gasteiger partial charge >= 0.3 is 12.1 Å². The lowest BCUT2D eigenvalue weighted by molar-refractivity contribution is -0.385. The Bertz CT molecular complexity index is 1070. The smallest absolute Gasteiger partial charge is 0.416 e. The van der Waals surface area contributed by atoms with Crippen molar-refractivity contribution in [3.05, 3.63) is 63.2 Å². The van der Waals surface area contributed by atoms with Crippen LogP contribution >= 0.6 is 0 Å². The Morgan fingerprint density at radius 2 is 1.91 bits per heavy atom. The molecule has 0 aromatic heterocycles. The molecule has 12 heteroatoms. The summed E-state index contributed by atoms with van der Waals surface area (Å²) < 4.78 is 49.7.